The van der Waals surface area contributed by atoms with E-state index in [0.29, 0.717) is 55.0 Å². The highest BCUT2D eigenvalue weighted by molar-refractivity contribution is 5.95. The van der Waals surface area contributed by atoms with Crippen molar-refractivity contribution < 1.29 is 18.7 Å². The van der Waals surface area contributed by atoms with Crippen molar-refractivity contribution in [1.82, 2.24) is 20.0 Å². The minimum atomic E-state index is -0.624. The van der Waals surface area contributed by atoms with E-state index in [2.05, 4.69) is 15.1 Å². The Morgan fingerprint density at radius 3 is 2.64 bits per heavy atom. The molecule has 1 N–H and O–H groups in total. The molecule has 3 heterocycles. The standard InChI is InChI=1S/C17H24N4O4/c1-5-20(9-16-19-18-12(4)25-16)14-7-21(8-15(14)22)17(23)13-6-10(2)24-11(13)3/h6,14-15,22H,5,7-9H2,1-4H3/t14-,15+/m0/s1. The lowest BCUT2D eigenvalue weighted by Crippen LogP contribution is -2.43. The van der Waals surface area contributed by atoms with E-state index >= 15 is 0 Å². The van der Waals surface area contributed by atoms with Gasteiger partial charge in [0.15, 0.2) is 0 Å². The minimum absolute atomic E-state index is 0.111. The van der Waals surface area contributed by atoms with Crippen LogP contribution in [0, 0.1) is 20.8 Å². The largest absolute Gasteiger partial charge is 0.466 e. The van der Waals surface area contributed by atoms with E-state index in [1.807, 2.05) is 13.8 Å². The van der Waals surface area contributed by atoms with Gasteiger partial charge in [-0.3, -0.25) is 9.69 Å². The number of furan rings is 1. The van der Waals surface area contributed by atoms with E-state index in [0.717, 1.165) is 0 Å². The van der Waals surface area contributed by atoms with Gasteiger partial charge in [-0.2, -0.15) is 0 Å². The minimum Gasteiger partial charge on any atom is -0.466 e. The number of nitrogens with zero attached hydrogens (tertiary/aromatic N) is 4. The van der Waals surface area contributed by atoms with Crippen LogP contribution in [0.3, 0.4) is 0 Å². The number of aliphatic hydroxyl groups is 1. The number of hydrogen-bond donors (Lipinski definition) is 1. The highest BCUT2D eigenvalue weighted by atomic mass is 16.4. The summed E-state index contributed by atoms with van der Waals surface area (Å²) < 4.78 is 10.9. The van der Waals surface area contributed by atoms with Gasteiger partial charge in [-0.05, 0) is 26.5 Å². The van der Waals surface area contributed by atoms with Crippen molar-refractivity contribution in [2.45, 2.75) is 46.4 Å². The van der Waals surface area contributed by atoms with Crippen LogP contribution >= 0.6 is 0 Å². The lowest BCUT2D eigenvalue weighted by molar-refractivity contribution is 0.0742. The van der Waals surface area contributed by atoms with Crippen LogP contribution in [0.5, 0.6) is 0 Å². The molecule has 25 heavy (non-hydrogen) atoms. The molecule has 1 aliphatic rings. The second-order valence-corrected chi connectivity index (χ2v) is 6.45. The first kappa shape index (κ1) is 17.6. The van der Waals surface area contributed by atoms with E-state index in [1.54, 1.807) is 24.8 Å². The molecule has 2 aromatic heterocycles. The summed E-state index contributed by atoms with van der Waals surface area (Å²) in [5.41, 5.74) is 0.556. The molecular weight excluding hydrogens is 324 g/mol. The van der Waals surface area contributed by atoms with Gasteiger partial charge in [0.2, 0.25) is 11.8 Å². The van der Waals surface area contributed by atoms with Gasteiger partial charge in [-0.25, -0.2) is 0 Å². The van der Waals surface area contributed by atoms with Gasteiger partial charge in [0.05, 0.1) is 24.3 Å². The molecule has 0 aromatic carbocycles. The first-order chi connectivity index (χ1) is 11.9. The molecule has 8 heteroatoms. The predicted molar refractivity (Wildman–Crippen MR) is 89.0 cm³/mol. The molecule has 0 spiro atoms. The molecule has 2 atom stereocenters. The molecule has 0 aliphatic carbocycles. The third-order valence-electron chi connectivity index (χ3n) is 4.60. The molecule has 3 rings (SSSR count). The SMILES string of the molecule is CCN(Cc1nnc(C)o1)[C@H]1CN(C(=O)c2cc(C)oc2C)C[C@H]1O. The number of likely N-dealkylation sites (N-methyl/N-ethyl adjacent to an activating group) is 1. The second kappa shape index (κ2) is 6.97. The van der Waals surface area contributed by atoms with Gasteiger partial charge in [0, 0.05) is 20.0 Å². The van der Waals surface area contributed by atoms with Crippen molar-refractivity contribution in [3.63, 3.8) is 0 Å². The summed E-state index contributed by atoms with van der Waals surface area (Å²) in [7, 11) is 0. The van der Waals surface area contributed by atoms with E-state index in [9.17, 15) is 9.90 Å². The zero-order valence-electron chi connectivity index (χ0n) is 15.0. The van der Waals surface area contributed by atoms with Crippen LogP contribution in [0.15, 0.2) is 14.9 Å². The van der Waals surface area contributed by atoms with E-state index < -0.39 is 6.10 Å². The summed E-state index contributed by atoms with van der Waals surface area (Å²) >= 11 is 0. The van der Waals surface area contributed by atoms with Crippen LogP contribution in [0.25, 0.3) is 0 Å². The first-order valence-corrected chi connectivity index (χ1v) is 8.46. The maximum atomic E-state index is 12.7. The van der Waals surface area contributed by atoms with Crippen LogP contribution in [0.4, 0.5) is 0 Å². The summed E-state index contributed by atoms with van der Waals surface area (Å²) in [6.07, 6.45) is -0.624. The molecule has 0 unspecified atom stereocenters. The number of likely N-dealkylation sites (tertiary alicyclic amines) is 1. The van der Waals surface area contributed by atoms with Gasteiger partial charge in [0.1, 0.15) is 11.5 Å². The predicted octanol–water partition coefficient (Wildman–Crippen LogP) is 1.30. The fraction of sp³-hybridized carbons (Fsp3) is 0.588. The number of amides is 1. The lowest BCUT2D eigenvalue weighted by atomic mass is 10.2. The Bertz CT molecular complexity index is 754. The molecule has 1 amide bonds. The van der Waals surface area contributed by atoms with Gasteiger partial charge in [-0.15, -0.1) is 10.2 Å². The van der Waals surface area contributed by atoms with Crippen LogP contribution in [0.2, 0.25) is 0 Å². The zero-order chi connectivity index (χ0) is 18.1. The van der Waals surface area contributed by atoms with E-state index in [-0.39, 0.29) is 11.9 Å². The van der Waals surface area contributed by atoms with Crippen molar-refractivity contribution >= 4 is 5.91 Å². The number of β-amino-alcohol motifs (C(OH)–C–C–N with tert-alkyl or cyclic N) is 1. The zero-order valence-corrected chi connectivity index (χ0v) is 15.0. The van der Waals surface area contributed by atoms with Crippen LogP contribution in [-0.2, 0) is 6.54 Å². The van der Waals surface area contributed by atoms with Gasteiger partial charge < -0.3 is 18.8 Å². The third-order valence-corrected chi connectivity index (χ3v) is 4.60. The number of carbonyl (C=O) groups is 1. The molecule has 0 radical (unpaired) electrons. The Hall–Kier alpha value is -2.19. The molecule has 1 saturated heterocycles. The molecule has 136 valence electrons. The number of aliphatic hydroxyl groups excluding tert-OH is 1. The molecule has 1 aliphatic heterocycles. The number of aryl methyl sites for hydroxylation is 3. The molecule has 0 saturated carbocycles. The van der Waals surface area contributed by atoms with Crippen molar-refractivity contribution in [3.8, 4) is 0 Å². The summed E-state index contributed by atoms with van der Waals surface area (Å²) in [6, 6.07) is 1.57. The van der Waals surface area contributed by atoms with Gasteiger partial charge in [0.25, 0.3) is 5.91 Å². The smallest absolute Gasteiger partial charge is 0.257 e. The molecule has 2 aromatic rings. The fourth-order valence-electron chi connectivity index (χ4n) is 3.35. The van der Waals surface area contributed by atoms with Crippen molar-refractivity contribution in [2.24, 2.45) is 0 Å². The molecule has 1 fully saturated rings. The van der Waals surface area contributed by atoms with Crippen molar-refractivity contribution in [1.29, 1.82) is 0 Å². The Labute approximate surface area is 146 Å². The highest BCUT2D eigenvalue weighted by Gasteiger charge is 2.38. The van der Waals surface area contributed by atoms with Crippen molar-refractivity contribution in [3.05, 3.63) is 34.9 Å². The average molecular weight is 348 g/mol. The second-order valence-electron chi connectivity index (χ2n) is 6.45. The summed E-state index contributed by atoms with van der Waals surface area (Å²) in [6.45, 7) is 9.24. The monoisotopic (exact) mass is 348 g/mol. The number of rotatable bonds is 5. The van der Waals surface area contributed by atoms with Crippen LogP contribution in [-0.4, -0.2) is 62.8 Å². The first-order valence-electron chi connectivity index (χ1n) is 8.46. The third kappa shape index (κ3) is 3.59. The summed E-state index contributed by atoms with van der Waals surface area (Å²) in [5, 5.41) is 18.3. The van der Waals surface area contributed by atoms with Gasteiger partial charge in [-0.1, -0.05) is 6.92 Å². The molecular formula is C17H24N4O4. The summed E-state index contributed by atoms with van der Waals surface area (Å²) in [4.78, 5) is 16.5. The van der Waals surface area contributed by atoms with Crippen LogP contribution in [0.1, 0.15) is 40.6 Å². The van der Waals surface area contributed by atoms with Gasteiger partial charge >= 0.3 is 0 Å². The molecule has 8 nitrogen and oxygen atoms in total. The number of aromatic nitrogens is 2. The number of hydrogen-bond acceptors (Lipinski definition) is 7. The maximum absolute atomic E-state index is 12.7. The maximum Gasteiger partial charge on any atom is 0.257 e. The summed E-state index contributed by atoms with van der Waals surface area (Å²) in [5.74, 6) is 2.23. The average Bonchev–Trinajstić information content (AvgIpc) is 3.24. The highest BCUT2D eigenvalue weighted by Crippen LogP contribution is 2.23. The Kier molecular flexibility index (Phi) is 4.91. The Morgan fingerprint density at radius 1 is 1.32 bits per heavy atom. The lowest BCUT2D eigenvalue weighted by Gasteiger charge is -2.27. The Balaban J connectivity index is 1.71. The topological polar surface area (TPSA) is 95.8 Å². The van der Waals surface area contributed by atoms with E-state index in [1.165, 1.54) is 0 Å². The fourth-order valence-corrected chi connectivity index (χ4v) is 3.35. The van der Waals surface area contributed by atoms with Crippen molar-refractivity contribution in [2.75, 3.05) is 19.6 Å². The Morgan fingerprint density at radius 2 is 2.08 bits per heavy atom. The molecule has 0 bridgehead atoms. The van der Waals surface area contributed by atoms with Crippen LogP contribution < -0.4 is 0 Å². The number of carbonyl (C=O) groups excluding carboxylic acids is 1. The quantitative estimate of drug-likeness (QED) is 0.870. The normalized spacial score (nSPS) is 20.6. The van der Waals surface area contributed by atoms with E-state index in [4.69, 9.17) is 8.83 Å².